The average Bonchev–Trinajstić information content (AvgIpc) is 2.97. The second-order valence-corrected chi connectivity index (χ2v) is 5.85. The van der Waals surface area contributed by atoms with Crippen molar-refractivity contribution < 1.29 is 14.0 Å². The monoisotopic (exact) mass is 352 g/mol. The zero-order valence-electron chi connectivity index (χ0n) is 11.8. The zero-order chi connectivity index (χ0) is 14.8. The number of fused-ring (bicyclic) bond motifs is 1. The van der Waals surface area contributed by atoms with Crippen molar-refractivity contribution in [3.63, 3.8) is 0 Å². The Kier molecular flexibility index (Phi) is 4.17. The number of aromatic nitrogens is 1. The summed E-state index contributed by atoms with van der Waals surface area (Å²) < 4.78 is 17.4. The third-order valence-corrected chi connectivity index (χ3v) is 3.98. The molecule has 2 aromatic rings. The number of hydrogen-bond acceptors (Lipinski definition) is 5. The molecule has 1 aromatic heterocycles. The Bertz CT molecular complexity index is 642. The van der Waals surface area contributed by atoms with Gasteiger partial charge < -0.3 is 19.7 Å². The molecule has 6 heteroatoms. The van der Waals surface area contributed by atoms with Crippen molar-refractivity contribution in [1.82, 2.24) is 5.16 Å². The molecule has 0 aliphatic carbocycles. The van der Waals surface area contributed by atoms with E-state index in [1.165, 1.54) is 0 Å². The lowest BCUT2D eigenvalue weighted by atomic mass is 10.1. The third kappa shape index (κ3) is 2.91. The van der Waals surface area contributed by atoms with Crippen molar-refractivity contribution in [2.75, 3.05) is 13.2 Å². The maximum Gasteiger partial charge on any atom is 0.175 e. The second-order valence-electron chi connectivity index (χ2n) is 4.99. The summed E-state index contributed by atoms with van der Waals surface area (Å²) in [4.78, 5) is 0. The van der Waals surface area contributed by atoms with Gasteiger partial charge in [-0.1, -0.05) is 18.5 Å². The molecule has 0 saturated heterocycles. The number of halogens is 1. The van der Waals surface area contributed by atoms with Gasteiger partial charge in [-0.05, 0) is 34.5 Å². The first-order chi connectivity index (χ1) is 10.2. The Labute approximate surface area is 131 Å². The smallest absolute Gasteiger partial charge is 0.175 e. The quantitative estimate of drug-likeness (QED) is 0.908. The van der Waals surface area contributed by atoms with Crippen LogP contribution >= 0.6 is 15.9 Å². The molecular formula is C15H17BrN2O3. The van der Waals surface area contributed by atoms with E-state index in [4.69, 9.17) is 19.7 Å². The highest BCUT2D eigenvalue weighted by Crippen LogP contribution is 2.41. The molecule has 112 valence electrons. The van der Waals surface area contributed by atoms with Gasteiger partial charge in [-0.15, -0.1) is 0 Å². The number of hydrogen-bond donors (Lipinski definition) is 1. The van der Waals surface area contributed by atoms with Crippen LogP contribution in [0, 0.1) is 0 Å². The Morgan fingerprint density at radius 3 is 2.90 bits per heavy atom. The maximum atomic E-state index is 6.05. The second kappa shape index (κ2) is 6.07. The third-order valence-electron chi connectivity index (χ3n) is 3.39. The minimum atomic E-state index is -0.114. The summed E-state index contributed by atoms with van der Waals surface area (Å²) in [5.41, 5.74) is 7.70. The summed E-state index contributed by atoms with van der Waals surface area (Å²) in [6.45, 7) is 3.20. The normalized spacial score (nSPS) is 15.0. The highest BCUT2D eigenvalue weighted by Gasteiger charge is 2.19. The summed E-state index contributed by atoms with van der Waals surface area (Å²) >= 11 is 3.50. The van der Waals surface area contributed by atoms with Crippen molar-refractivity contribution in [1.29, 1.82) is 0 Å². The van der Waals surface area contributed by atoms with Gasteiger partial charge in [-0.25, -0.2) is 0 Å². The Hall–Kier alpha value is -1.53. The van der Waals surface area contributed by atoms with Crippen molar-refractivity contribution in [2.45, 2.75) is 25.8 Å². The van der Waals surface area contributed by atoms with Gasteiger partial charge in [0.05, 0.1) is 10.5 Å². The highest BCUT2D eigenvalue weighted by molar-refractivity contribution is 9.10. The summed E-state index contributed by atoms with van der Waals surface area (Å²) in [6, 6.07) is 5.63. The number of ether oxygens (including phenoxy) is 2. The van der Waals surface area contributed by atoms with E-state index in [9.17, 15) is 0 Å². The van der Waals surface area contributed by atoms with E-state index in [2.05, 4.69) is 28.0 Å². The summed E-state index contributed by atoms with van der Waals surface area (Å²) in [5.74, 6) is 2.15. The molecule has 1 aliphatic rings. The van der Waals surface area contributed by atoms with Crippen molar-refractivity contribution in [3.05, 3.63) is 28.4 Å². The van der Waals surface area contributed by atoms with E-state index in [0.717, 1.165) is 34.3 Å². The minimum Gasteiger partial charge on any atom is -0.486 e. The average molecular weight is 353 g/mol. The molecule has 0 radical (unpaired) electrons. The Morgan fingerprint density at radius 1 is 1.29 bits per heavy atom. The van der Waals surface area contributed by atoms with Gasteiger partial charge in [0.25, 0.3) is 0 Å². The number of benzene rings is 1. The van der Waals surface area contributed by atoms with Crippen LogP contribution in [0.5, 0.6) is 11.5 Å². The molecule has 0 amide bonds. The molecule has 0 saturated carbocycles. The molecule has 3 rings (SSSR count). The van der Waals surface area contributed by atoms with Crippen molar-refractivity contribution in [3.8, 4) is 22.8 Å². The molecular weight excluding hydrogens is 336 g/mol. The zero-order valence-corrected chi connectivity index (χ0v) is 13.4. The lowest BCUT2D eigenvalue weighted by Crippen LogP contribution is -2.15. The maximum absolute atomic E-state index is 6.05. The topological polar surface area (TPSA) is 70.5 Å². The highest BCUT2D eigenvalue weighted by atomic mass is 79.9. The molecule has 0 spiro atoms. The van der Waals surface area contributed by atoms with Crippen LogP contribution in [0.25, 0.3) is 11.3 Å². The molecule has 1 aliphatic heterocycles. The minimum absolute atomic E-state index is 0.114. The van der Waals surface area contributed by atoms with Gasteiger partial charge in [-0.3, -0.25) is 0 Å². The summed E-state index contributed by atoms with van der Waals surface area (Å²) in [6.07, 6.45) is 1.88. The molecule has 5 nitrogen and oxygen atoms in total. The molecule has 0 fully saturated rings. The van der Waals surface area contributed by atoms with Crippen LogP contribution in [0.4, 0.5) is 0 Å². The van der Waals surface area contributed by atoms with E-state index < -0.39 is 0 Å². The van der Waals surface area contributed by atoms with Crippen molar-refractivity contribution in [2.24, 2.45) is 5.73 Å². The first-order valence-corrected chi connectivity index (χ1v) is 7.80. The van der Waals surface area contributed by atoms with Gasteiger partial charge in [0, 0.05) is 11.6 Å². The first kappa shape index (κ1) is 14.4. The molecule has 2 heterocycles. The van der Waals surface area contributed by atoms with Crippen LogP contribution in [-0.2, 0) is 0 Å². The largest absolute Gasteiger partial charge is 0.486 e. The van der Waals surface area contributed by atoms with Gasteiger partial charge in [0.2, 0.25) is 0 Å². The standard InChI is InChI=1S/C15H17BrN2O3/c1-2-3-11(17)13-8-12(18-21-13)9-6-10(16)15-14(7-9)19-4-5-20-15/h6-8,11H,2-5,17H2,1H3. The van der Waals surface area contributed by atoms with Crippen LogP contribution in [0.1, 0.15) is 31.6 Å². The van der Waals surface area contributed by atoms with Crippen LogP contribution in [0.15, 0.2) is 27.2 Å². The number of rotatable bonds is 4. The van der Waals surface area contributed by atoms with Crippen LogP contribution in [0.2, 0.25) is 0 Å². The van der Waals surface area contributed by atoms with E-state index in [0.29, 0.717) is 24.7 Å². The van der Waals surface area contributed by atoms with E-state index in [1.807, 2.05) is 18.2 Å². The summed E-state index contributed by atoms with van der Waals surface area (Å²) in [5, 5.41) is 4.11. The molecule has 0 bridgehead atoms. The van der Waals surface area contributed by atoms with E-state index in [-0.39, 0.29) is 6.04 Å². The number of nitrogens with zero attached hydrogens (tertiary/aromatic N) is 1. The van der Waals surface area contributed by atoms with Gasteiger partial charge >= 0.3 is 0 Å². The molecule has 21 heavy (non-hydrogen) atoms. The predicted octanol–water partition coefficient (Wildman–Crippen LogP) is 3.68. The van der Waals surface area contributed by atoms with Gasteiger partial charge in [0.1, 0.15) is 18.9 Å². The van der Waals surface area contributed by atoms with Crippen LogP contribution < -0.4 is 15.2 Å². The van der Waals surface area contributed by atoms with Crippen LogP contribution in [0.3, 0.4) is 0 Å². The fourth-order valence-electron chi connectivity index (χ4n) is 2.31. The lowest BCUT2D eigenvalue weighted by molar-refractivity contribution is 0.170. The first-order valence-electron chi connectivity index (χ1n) is 7.00. The Balaban J connectivity index is 1.92. The van der Waals surface area contributed by atoms with Crippen LogP contribution in [-0.4, -0.2) is 18.4 Å². The molecule has 1 atom stereocenters. The van der Waals surface area contributed by atoms with Crippen molar-refractivity contribution >= 4 is 15.9 Å². The molecule has 2 N–H and O–H groups in total. The molecule has 1 aromatic carbocycles. The lowest BCUT2D eigenvalue weighted by Gasteiger charge is -2.20. The fraction of sp³-hybridized carbons (Fsp3) is 0.400. The van der Waals surface area contributed by atoms with E-state index >= 15 is 0 Å². The van der Waals surface area contributed by atoms with Gasteiger partial charge in [0.15, 0.2) is 17.3 Å². The Morgan fingerprint density at radius 2 is 2.10 bits per heavy atom. The van der Waals surface area contributed by atoms with E-state index in [1.54, 1.807) is 0 Å². The SMILES string of the molecule is CCCC(N)c1cc(-c2cc(Br)c3c(c2)OCCO3)no1. The van der Waals surface area contributed by atoms with Gasteiger partial charge in [-0.2, -0.15) is 0 Å². The molecule has 1 unspecified atom stereocenters. The fourth-order valence-corrected chi connectivity index (χ4v) is 2.87. The number of nitrogens with two attached hydrogens (primary N) is 1. The summed E-state index contributed by atoms with van der Waals surface area (Å²) in [7, 11) is 0. The predicted molar refractivity (Wildman–Crippen MR) is 82.5 cm³/mol.